The smallest absolute Gasteiger partial charge is 0.414 e. The number of carbonyl (C=O) groups is 2. The van der Waals surface area contributed by atoms with Gasteiger partial charge in [0.1, 0.15) is 5.60 Å². The Morgan fingerprint density at radius 3 is 2.26 bits per heavy atom. The molecule has 0 spiro atoms. The lowest BCUT2D eigenvalue weighted by molar-refractivity contribution is 0.0580. The van der Waals surface area contributed by atoms with Crippen molar-refractivity contribution in [3.8, 4) is 11.1 Å². The van der Waals surface area contributed by atoms with Crippen LogP contribution in [0.2, 0.25) is 0 Å². The van der Waals surface area contributed by atoms with Crippen molar-refractivity contribution in [1.82, 2.24) is 4.98 Å². The Balaban J connectivity index is 1.54. The fraction of sp³-hybridized carbons (Fsp3) is 0.258. The highest BCUT2D eigenvalue weighted by Gasteiger charge is 2.24. The highest BCUT2D eigenvalue weighted by Crippen LogP contribution is 2.27. The van der Waals surface area contributed by atoms with Gasteiger partial charge in [-0.2, -0.15) is 0 Å². The number of aryl methyl sites for hydroxylation is 2. The van der Waals surface area contributed by atoms with Gasteiger partial charge < -0.3 is 10.1 Å². The molecule has 2 amide bonds. The predicted molar refractivity (Wildman–Crippen MR) is 155 cm³/mol. The molecule has 38 heavy (non-hydrogen) atoms. The van der Waals surface area contributed by atoms with Crippen LogP contribution in [0.1, 0.15) is 48.0 Å². The molecule has 0 unspecified atom stereocenters. The SMILES string of the molecule is Cc1ccc(-c2ccc(C)cc2C(=O)Nc2ccc(N(CCc3cscn3)C(=O)OC(C)(C)C)cc2)cc1. The third kappa shape index (κ3) is 7.07. The second-order valence-electron chi connectivity index (χ2n) is 10.3. The van der Waals surface area contributed by atoms with Crippen molar-refractivity contribution < 1.29 is 14.3 Å². The molecule has 1 aromatic heterocycles. The van der Waals surface area contributed by atoms with Gasteiger partial charge in [-0.05, 0) is 76.1 Å². The van der Waals surface area contributed by atoms with Crippen LogP contribution in [-0.4, -0.2) is 29.1 Å². The molecule has 4 aromatic rings. The molecule has 0 radical (unpaired) electrons. The minimum absolute atomic E-state index is 0.190. The first-order valence-corrected chi connectivity index (χ1v) is 13.5. The van der Waals surface area contributed by atoms with Crippen LogP contribution in [0.3, 0.4) is 0 Å². The van der Waals surface area contributed by atoms with E-state index in [4.69, 9.17) is 4.74 Å². The Morgan fingerprint density at radius 1 is 0.947 bits per heavy atom. The van der Waals surface area contributed by atoms with Crippen LogP contribution in [-0.2, 0) is 11.2 Å². The molecule has 1 heterocycles. The maximum atomic E-state index is 13.3. The van der Waals surface area contributed by atoms with Gasteiger partial charge in [-0.25, -0.2) is 9.78 Å². The quantitative estimate of drug-likeness (QED) is 0.268. The number of aromatic nitrogens is 1. The van der Waals surface area contributed by atoms with Crippen molar-refractivity contribution in [3.05, 3.63) is 100 Å². The highest BCUT2D eigenvalue weighted by atomic mass is 32.1. The molecule has 0 aliphatic carbocycles. The van der Waals surface area contributed by atoms with E-state index in [1.165, 1.54) is 16.9 Å². The Bertz CT molecular complexity index is 1390. The molecule has 0 bridgehead atoms. The number of benzene rings is 3. The van der Waals surface area contributed by atoms with Crippen molar-refractivity contribution in [3.63, 3.8) is 0 Å². The van der Waals surface area contributed by atoms with Crippen molar-refractivity contribution in [2.45, 2.75) is 46.6 Å². The zero-order chi connectivity index (χ0) is 27.3. The number of hydrogen-bond acceptors (Lipinski definition) is 5. The number of ether oxygens (including phenoxy) is 1. The molecule has 0 aliphatic heterocycles. The normalized spacial score (nSPS) is 11.2. The molecule has 0 atom stereocenters. The summed E-state index contributed by atoms with van der Waals surface area (Å²) in [7, 11) is 0. The summed E-state index contributed by atoms with van der Waals surface area (Å²) in [5.74, 6) is -0.190. The summed E-state index contributed by atoms with van der Waals surface area (Å²) >= 11 is 1.53. The lowest BCUT2D eigenvalue weighted by Gasteiger charge is -2.27. The van der Waals surface area contributed by atoms with Crippen molar-refractivity contribution in [1.29, 1.82) is 0 Å². The third-order valence-corrected chi connectivity index (χ3v) is 6.54. The molecule has 0 saturated heterocycles. The van der Waals surface area contributed by atoms with E-state index in [2.05, 4.69) is 10.3 Å². The van der Waals surface area contributed by atoms with Crippen molar-refractivity contribution >= 4 is 34.7 Å². The first kappa shape index (κ1) is 27.1. The van der Waals surface area contributed by atoms with Crippen molar-refractivity contribution in [2.24, 2.45) is 0 Å². The lowest BCUT2D eigenvalue weighted by Crippen LogP contribution is -2.38. The zero-order valence-corrected chi connectivity index (χ0v) is 23.3. The van der Waals surface area contributed by atoms with E-state index in [1.54, 1.807) is 22.5 Å². The zero-order valence-electron chi connectivity index (χ0n) is 22.4. The van der Waals surface area contributed by atoms with Crippen LogP contribution in [0, 0.1) is 13.8 Å². The van der Waals surface area contributed by atoms with Gasteiger partial charge in [0.25, 0.3) is 5.91 Å². The van der Waals surface area contributed by atoms with Crippen LogP contribution in [0.15, 0.2) is 77.6 Å². The number of thiazole rings is 1. The van der Waals surface area contributed by atoms with E-state index in [0.29, 0.717) is 29.9 Å². The molecule has 0 saturated carbocycles. The minimum atomic E-state index is -0.618. The second-order valence-corrected chi connectivity index (χ2v) is 11.0. The molecular formula is C31H33N3O3S. The molecule has 1 N–H and O–H groups in total. The van der Waals surface area contributed by atoms with Gasteiger partial charge in [-0.15, -0.1) is 11.3 Å². The maximum absolute atomic E-state index is 13.3. The molecule has 7 heteroatoms. The number of amides is 2. The monoisotopic (exact) mass is 527 g/mol. The lowest BCUT2D eigenvalue weighted by atomic mass is 9.96. The number of nitrogens with zero attached hydrogens (tertiary/aromatic N) is 2. The van der Waals surface area contributed by atoms with E-state index in [-0.39, 0.29) is 5.91 Å². The number of anilines is 2. The minimum Gasteiger partial charge on any atom is -0.443 e. The van der Waals surface area contributed by atoms with Crippen LogP contribution in [0.5, 0.6) is 0 Å². The van der Waals surface area contributed by atoms with Gasteiger partial charge in [-0.3, -0.25) is 9.69 Å². The van der Waals surface area contributed by atoms with Crippen molar-refractivity contribution in [2.75, 3.05) is 16.8 Å². The van der Waals surface area contributed by atoms with Gasteiger partial charge in [0.2, 0.25) is 0 Å². The Morgan fingerprint density at radius 2 is 1.63 bits per heavy atom. The van der Waals surface area contributed by atoms with Crippen LogP contribution >= 0.6 is 11.3 Å². The summed E-state index contributed by atoms with van der Waals surface area (Å²) in [4.78, 5) is 32.3. The Kier molecular flexibility index (Phi) is 8.27. The summed E-state index contributed by atoms with van der Waals surface area (Å²) in [6.45, 7) is 9.98. The highest BCUT2D eigenvalue weighted by molar-refractivity contribution is 7.07. The maximum Gasteiger partial charge on any atom is 0.414 e. The number of nitrogens with one attached hydrogen (secondary N) is 1. The predicted octanol–water partition coefficient (Wildman–Crippen LogP) is 7.66. The van der Waals surface area contributed by atoms with Gasteiger partial charge in [0, 0.05) is 35.3 Å². The van der Waals surface area contributed by atoms with E-state index < -0.39 is 11.7 Å². The third-order valence-electron chi connectivity index (χ3n) is 5.91. The standard InChI is InChI=1S/C31H33N3O3S/c1-21-6-9-23(10-7-21)27-15-8-22(2)18-28(27)29(35)33-24-11-13-26(14-12-24)34(30(36)37-31(3,4)5)17-16-25-19-38-20-32-25/h6-15,18-20H,16-17H2,1-5H3,(H,33,35). The van der Waals surface area contributed by atoms with E-state index in [0.717, 1.165) is 22.4 Å². The average Bonchev–Trinajstić information content (AvgIpc) is 3.38. The fourth-order valence-corrected chi connectivity index (χ4v) is 4.58. The first-order valence-electron chi connectivity index (χ1n) is 12.6. The Hall–Kier alpha value is -3.97. The largest absolute Gasteiger partial charge is 0.443 e. The van der Waals surface area contributed by atoms with Gasteiger partial charge >= 0.3 is 6.09 Å². The molecule has 6 nitrogen and oxygen atoms in total. The van der Waals surface area contributed by atoms with E-state index >= 15 is 0 Å². The summed E-state index contributed by atoms with van der Waals surface area (Å²) in [6, 6.07) is 21.3. The number of hydrogen-bond donors (Lipinski definition) is 1. The van der Waals surface area contributed by atoms with Crippen LogP contribution < -0.4 is 10.2 Å². The summed E-state index contributed by atoms with van der Waals surface area (Å²) < 4.78 is 5.65. The molecule has 0 fully saturated rings. The van der Waals surface area contributed by atoms with Crippen LogP contribution in [0.4, 0.5) is 16.2 Å². The molecule has 196 valence electrons. The molecular weight excluding hydrogens is 494 g/mol. The first-order chi connectivity index (χ1) is 18.1. The molecule has 3 aromatic carbocycles. The van der Waals surface area contributed by atoms with Gasteiger partial charge in [-0.1, -0.05) is 47.5 Å². The Labute approximate surface area is 228 Å². The van der Waals surface area contributed by atoms with Gasteiger partial charge in [0.15, 0.2) is 0 Å². The van der Waals surface area contributed by atoms with E-state index in [1.807, 2.05) is 94.6 Å². The topological polar surface area (TPSA) is 71.5 Å². The van der Waals surface area contributed by atoms with Gasteiger partial charge in [0.05, 0.1) is 11.2 Å². The van der Waals surface area contributed by atoms with E-state index in [9.17, 15) is 9.59 Å². The second kappa shape index (κ2) is 11.6. The summed E-state index contributed by atoms with van der Waals surface area (Å²) in [5.41, 5.74) is 8.06. The molecule has 0 aliphatic rings. The number of rotatable bonds is 7. The fourth-order valence-electron chi connectivity index (χ4n) is 3.98. The van der Waals surface area contributed by atoms with Crippen LogP contribution in [0.25, 0.3) is 11.1 Å². The number of carbonyl (C=O) groups excluding carboxylic acids is 2. The average molecular weight is 528 g/mol. The summed E-state index contributed by atoms with van der Waals surface area (Å²) in [6.07, 6.45) is 0.183. The summed E-state index contributed by atoms with van der Waals surface area (Å²) in [5, 5.41) is 4.99. The molecule has 4 rings (SSSR count).